The number of furan rings is 1. The van der Waals surface area contributed by atoms with Crippen molar-refractivity contribution in [3.63, 3.8) is 0 Å². The van der Waals surface area contributed by atoms with Crippen molar-refractivity contribution in [1.29, 1.82) is 0 Å². The van der Waals surface area contributed by atoms with Crippen molar-refractivity contribution in [2.24, 2.45) is 0 Å². The Balaban J connectivity index is 1.69. The van der Waals surface area contributed by atoms with Crippen LogP contribution in [0.5, 0.6) is 0 Å². The van der Waals surface area contributed by atoms with Gasteiger partial charge in [-0.2, -0.15) is 0 Å². The molecule has 0 saturated carbocycles. The van der Waals surface area contributed by atoms with Crippen LogP contribution in [0.4, 0.5) is 5.69 Å². The standard InChI is InChI=1S/C22H18ClNO4/c1-2-27-21(25)13-6-15-4-3-5-18(14-15)24-22(26)20-12-11-19(28-20)16-7-9-17(23)10-8-16/h3-14H,2H2,1H3,(H,24,26). The highest BCUT2D eigenvalue weighted by atomic mass is 35.5. The van der Waals surface area contributed by atoms with Crippen molar-refractivity contribution < 1.29 is 18.7 Å². The zero-order valence-electron chi connectivity index (χ0n) is 15.1. The van der Waals surface area contributed by atoms with Gasteiger partial charge in [-0.05, 0) is 67.1 Å². The molecule has 6 heteroatoms. The van der Waals surface area contributed by atoms with Crippen LogP contribution in [0.25, 0.3) is 17.4 Å². The summed E-state index contributed by atoms with van der Waals surface area (Å²) in [6.07, 6.45) is 2.97. The number of anilines is 1. The van der Waals surface area contributed by atoms with Crippen molar-refractivity contribution in [2.45, 2.75) is 6.92 Å². The van der Waals surface area contributed by atoms with Crippen molar-refractivity contribution in [1.82, 2.24) is 0 Å². The number of hydrogen-bond donors (Lipinski definition) is 1. The molecule has 28 heavy (non-hydrogen) atoms. The molecular weight excluding hydrogens is 378 g/mol. The summed E-state index contributed by atoms with van der Waals surface area (Å²) in [4.78, 5) is 23.9. The third-order valence-electron chi connectivity index (χ3n) is 3.80. The highest BCUT2D eigenvalue weighted by molar-refractivity contribution is 6.30. The predicted octanol–water partition coefficient (Wildman–Crippen LogP) is 5.43. The van der Waals surface area contributed by atoms with E-state index in [1.165, 1.54) is 6.08 Å². The molecule has 3 aromatic rings. The number of carbonyl (C=O) groups excluding carboxylic acids is 2. The van der Waals surface area contributed by atoms with E-state index in [9.17, 15) is 9.59 Å². The number of hydrogen-bond acceptors (Lipinski definition) is 4. The number of carbonyl (C=O) groups is 2. The van der Waals surface area contributed by atoms with Gasteiger partial charge in [-0.3, -0.25) is 4.79 Å². The zero-order chi connectivity index (χ0) is 19.9. The molecule has 0 unspecified atom stereocenters. The van der Waals surface area contributed by atoms with E-state index in [1.807, 2.05) is 18.2 Å². The van der Waals surface area contributed by atoms with E-state index >= 15 is 0 Å². The number of ether oxygens (including phenoxy) is 1. The number of halogens is 1. The van der Waals surface area contributed by atoms with Crippen molar-refractivity contribution in [3.05, 3.63) is 83.1 Å². The number of rotatable bonds is 6. The Kier molecular flexibility index (Phi) is 6.29. The maximum Gasteiger partial charge on any atom is 0.330 e. The molecule has 0 radical (unpaired) electrons. The van der Waals surface area contributed by atoms with Crippen LogP contribution in [0.2, 0.25) is 5.02 Å². The van der Waals surface area contributed by atoms with Gasteiger partial charge in [0.25, 0.3) is 5.91 Å². The first-order chi connectivity index (χ1) is 13.5. The van der Waals surface area contributed by atoms with E-state index in [0.717, 1.165) is 11.1 Å². The fourth-order valence-electron chi connectivity index (χ4n) is 2.50. The Bertz CT molecular complexity index is 1010. The first-order valence-corrected chi connectivity index (χ1v) is 9.05. The summed E-state index contributed by atoms with van der Waals surface area (Å²) in [5, 5.41) is 3.41. The van der Waals surface area contributed by atoms with E-state index in [2.05, 4.69) is 5.32 Å². The van der Waals surface area contributed by atoms with Crippen molar-refractivity contribution in [2.75, 3.05) is 11.9 Å². The molecule has 5 nitrogen and oxygen atoms in total. The van der Waals surface area contributed by atoms with Gasteiger partial charge in [-0.15, -0.1) is 0 Å². The van der Waals surface area contributed by atoms with Crippen molar-refractivity contribution >= 4 is 35.2 Å². The van der Waals surface area contributed by atoms with Gasteiger partial charge in [0, 0.05) is 22.3 Å². The van der Waals surface area contributed by atoms with Gasteiger partial charge in [-0.1, -0.05) is 23.7 Å². The van der Waals surface area contributed by atoms with Crippen LogP contribution in [0.15, 0.2) is 71.2 Å². The Hall–Kier alpha value is -3.31. The lowest BCUT2D eigenvalue weighted by atomic mass is 10.2. The molecule has 2 aromatic carbocycles. The van der Waals surface area contributed by atoms with Crippen LogP contribution in [-0.4, -0.2) is 18.5 Å². The number of benzene rings is 2. The third-order valence-corrected chi connectivity index (χ3v) is 4.05. The molecule has 1 N–H and O–H groups in total. The van der Waals surface area contributed by atoms with Crippen LogP contribution in [0, 0.1) is 0 Å². The molecule has 0 saturated heterocycles. The van der Waals surface area contributed by atoms with Crippen LogP contribution in [-0.2, 0) is 9.53 Å². The van der Waals surface area contributed by atoms with Crippen molar-refractivity contribution in [3.8, 4) is 11.3 Å². The average molecular weight is 396 g/mol. The molecule has 0 atom stereocenters. The quantitative estimate of drug-likeness (QED) is 0.446. The van der Waals surface area contributed by atoms with Gasteiger partial charge in [0.05, 0.1) is 6.61 Å². The summed E-state index contributed by atoms with van der Waals surface area (Å²) in [5.74, 6) is -0.0145. The summed E-state index contributed by atoms with van der Waals surface area (Å²) in [7, 11) is 0. The fourth-order valence-corrected chi connectivity index (χ4v) is 2.62. The van der Waals surface area contributed by atoms with Gasteiger partial charge in [0.15, 0.2) is 5.76 Å². The third kappa shape index (κ3) is 5.11. The highest BCUT2D eigenvalue weighted by Gasteiger charge is 2.12. The van der Waals surface area contributed by atoms with E-state index < -0.39 is 5.97 Å². The monoisotopic (exact) mass is 395 g/mol. The molecule has 142 valence electrons. The molecule has 1 amide bonds. The second-order valence-electron chi connectivity index (χ2n) is 5.84. The predicted molar refractivity (Wildman–Crippen MR) is 109 cm³/mol. The largest absolute Gasteiger partial charge is 0.463 e. The fraction of sp³-hybridized carbons (Fsp3) is 0.0909. The molecule has 1 heterocycles. The lowest BCUT2D eigenvalue weighted by molar-refractivity contribution is -0.137. The second kappa shape index (κ2) is 9.06. The van der Waals surface area contributed by atoms with Gasteiger partial charge in [0.1, 0.15) is 5.76 Å². The Morgan fingerprint density at radius 2 is 1.89 bits per heavy atom. The topological polar surface area (TPSA) is 68.5 Å². The Labute approximate surface area is 167 Å². The maximum atomic E-state index is 12.5. The zero-order valence-corrected chi connectivity index (χ0v) is 15.9. The SMILES string of the molecule is CCOC(=O)C=Cc1cccc(NC(=O)c2ccc(-c3ccc(Cl)cc3)o2)c1. The molecule has 0 aliphatic rings. The maximum absolute atomic E-state index is 12.5. The minimum atomic E-state index is -0.415. The normalized spacial score (nSPS) is 10.8. The van der Waals surface area contributed by atoms with Gasteiger partial charge in [-0.25, -0.2) is 4.79 Å². The number of esters is 1. The van der Waals surface area contributed by atoms with E-state index in [1.54, 1.807) is 55.5 Å². The molecule has 0 aliphatic heterocycles. The van der Waals surface area contributed by atoms with Crippen LogP contribution >= 0.6 is 11.6 Å². The number of nitrogens with one attached hydrogen (secondary N) is 1. The Morgan fingerprint density at radius 3 is 2.64 bits per heavy atom. The van der Waals surface area contributed by atoms with Gasteiger partial charge >= 0.3 is 5.97 Å². The van der Waals surface area contributed by atoms with Crippen LogP contribution < -0.4 is 5.32 Å². The highest BCUT2D eigenvalue weighted by Crippen LogP contribution is 2.24. The van der Waals surface area contributed by atoms with E-state index in [-0.39, 0.29) is 11.7 Å². The molecule has 0 aliphatic carbocycles. The summed E-state index contributed by atoms with van der Waals surface area (Å²) in [6, 6.07) is 17.6. The minimum Gasteiger partial charge on any atom is -0.463 e. The molecule has 3 rings (SSSR count). The first-order valence-electron chi connectivity index (χ1n) is 8.67. The molecule has 0 spiro atoms. The van der Waals surface area contributed by atoms with E-state index in [4.69, 9.17) is 20.8 Å². The first kappa shape index (κ1) is 19.5. The Morgan fingerprint density at radius 1 is 1.11 bits per heavy atom. The van der Waals surface area contributed by atoms with Crippen LogP contribution in [0.1, 0.15) is 23.0 Å². The summed E-state index contributed by atoms with van der Waals surface area (Å²) in [6.45, 7) is 2.06. The van der Waals surface area contributed by atoms with E-state index in [0.29, 0.717) is 23.1 Å². The lowest BCUT2D eigenvalue weighted by Gasteiger charge is -2.04. The second-order valence-corrected chi connectivity index (χ2v) is 6.27. The minimum absolute atomic E-state index is 0.192. The summed E-state index contributed by atoms with van der Waals surface area (Å²) < 4.78 is 10.5. The number of amides is 1. The van der Waals surface area contributed by atoms with Gasteiger partial charge < -0.3 is 14.5 Å². The lowest BCUT2D eigenvalue weighted by Crippen LogP contribution is -2.10. The molecular formula is C22H18ClNO4. The molecule has 0 bridgehead atoms. The average Bonchev–Trinajstić information content (AvgIpc) is 3.18. The van der Waals surface area contributed by atoms with Gasteiger partial charge in [0.2, 0.25) is 0 Å². The molecule has 0 fully saturated rings. The molecule has 1 aromatic heterocycles. The van der Waals surface area contributed by atoms with Crippen LogP contribution in [0.3, 0.4) is 0 Å². The summed E-state index contributed by atoms with van der Waals surface area (Å²) >= 11 is 5.89. The summed E-state index contributed by atoms with van der Waals surface area (Å²) in [5.41, 5.74) is 2.17. The smallest absolute Gasteiger partial charge is 0.330 e.